The van der Waals surface area contributed by atoms with E-state index in [1.165, 1.54) is 18.9 Å². The second kappa shape index (κ2) is 7.96. The van der Waals surface area contributed by atoms with Crippen molar-refractivity contribution in [3.63, 3.8) is 0 Å². The van der Waals surface area contributed by atoms with Gasteiger partial charge in [-0.1, -0.05) is 18.5 Å². The predicted molar refractivity (Wildman–Crippen MR) is 86.6 cm³/mol. The lowest BCUT2D eigenvalue weighted by Crippen LogP contribution is -2.39. The molecule has 1 aliphatic rings. The molecule has 0 spiro atoms. The molecule has 1 aliphatic heterocycles. The molecule has 20 heavy (non-hydrogen) atoms. The van der Waals surface area contributed by atoms with Crippen LogP contribution in [0.5, 0.6) is 0 Å². The van der Waals surface area contributed by atoms with Gasteiger partial charge in [0.05, 0.1) is 4.34 Å². The molecule has 0 aliphatic carbocycles. The highest BCUT2D eigenvalue weighted by molar-refractivity contribution is 7.91. The molecule has 1 aromatic rings. The van der Waals surface area contributed by atoms with Crippen LogP contribution < -0.4 is 4.72 Å². The van der Waals surface area contributed by atoms with Gasteiger partial charge in [0.1, 0.15) is 4.21 Å². The number of sulfonamides is 1. The lowest BCUT2D eigenvalue weighted by Gasteiger charge is -2.30. The maximum Gasteiger partial charge on any atom is 0.250 e. The third-order valence-electron chi connectivity index (χ3n) is 3.41. The number of thiophene rings is 1. The number of halogens is 2. The zero-order valence-corrected chi connectivity index (χ0v) is 14.5. The van der Waals surface area contributed by atoms with Crippen LogP contribution in [0.4, 0.5) is 0 Å². The van der Waals surface area contributed by atoms with Crippen molar-refractivity contribution in [3.05, 3.63) is 16.5 Å². The maximum absolute atomic E-state index is 12.0. The van der Waals surface area contributed by atoms with Crippen LogP contribution in [0.2, 0.25) is 4.34 Å². The Morgan fingerprint density at radius 3 is 2.60 bits per heavy atom. The fourth-order valence-corrected chi connectivity index (χ4v) is 4.69. The van der Waals surface area contributed by atoms with Crippen LogP contribution in [0.3, 0.4) is 0 Å². The second-order valence-electron chi connectivity index (χ2n) is 4.98. The molecule has 0 radical (unpaired) electrons. The number of hydrogen-bond acceptors (Lipinski definition) is 4. The molecule has 8 heteroatoms. The first-order valence-electron chi connectivity index (χ1n) is 6.45. The molecule has 2 heterocycles. The smallest absolute Gasteiger partial charge is 0.250 e. The fourth-order valence-electron chi connectivity index (χ4n) is 2.14. The van der Waals surface area contributed by atoms with E-state index in [4.69, 9.17) is 11.6 Å². The van der Waals surface area contributed by atoms with E-state index in [1.54, 1.807) is 6.07 Å². The van der Waals surface area contributed by atoms with Gasteiger partial charge in [0.25, 0.3) is 0 Å². The fraction of sp³-hybridized carbons (Fsp3) is 0.667. The minimum absolute atomic E-state index is 0. The summed E-state index contributed by atoms with van der Waals surface area (Å²) in [4.78, 5) is 2.31. The summed E-state index contributed by atoms with van der Waals surface area (Å²) in [6.07, 6.45) is 2.40. The first-order chi connectivity index (χ1) is 8.97. The summed E-state index contributed by atoms with van der Waals surface area (Å²) < 4.78 is 27.3. The number of nitrogens with one attached hydrogen (secondary N) is 1. The van der Waals surface area contributed by atoms with E-state index in [0.717, 1.165) is 36.9 Å². The Balaban J connectivity index is 0.00000200. The summed E-state index contributed by atoms with van der Waals surface area (Å²) in [6.45, 7) is 5.61. The first kappa shape index (κ1) is 18.2. The van der Waals surface area contributed by atoms with Gasteiger partial charge < -0.3 is 4.90 Å². The van der Waals surface area contributed by atoms with E-state index in [9.17, 15) is 8.42 Å². The van der Waals surface area contributed by atoms with Crippen LogP contribution >= 0.6 is 35.3 Å². The van der Waals surface area contributed by atoms with Crippen LogP contribution in [0.15, 0.2) is 16.3 Å². The van der Waals surface area contributed by atoms with E-state index in [0.29, 0.717) is 10.9 Å². The van der Waals surface area contributed by atoms with Crippen LogP contribution in [-0.4, -0.2) is 39.5 Å². The minimum Gasteiger partial charge on any atom is -0.302 e. The lowest BCUT2D eigenvalue weighted by molar-refractivity contribution is 0.195. The van der Waals surface area contributed by atoms with Crippen LogP contribution in [0.25, 0.3) is 0 Å². The van der Waals surface area contributed by atoms with Crippen molar-refractivity contribution in [2.45, 2.75) is 24.0 Å². The number of nitrogens with zero attached hydrogens (tertiary/aromatic N) is 1. The summed E-state index contributed by atoms with van der Waals surface area (Å²) in [5.41, 5.74) is 0. The summed E-state index contributed by atoms with van der Waals surface area (Å²) in [5.74, 6) is 0.793. The molecule has 0 bridgehead atoms. The molecule has 0 atom stereocenters. The van der Waals surface area contributed by atoms with Gasteiger partial charge in [-0.2, -0.15) is 0 Å². The number of hydrogen-bond donors (Lipinski definition) is 1. The summed E-state index contributed by atoms with van der Waals surface area (Å²) in [6, 6.07) is 3.14. The summed E-state index contributed by atoms with van der Waals surface area (Å²) >= 11 is 6.84. The maximum atomic E-state index is 12.0. The van der Waals surface area contributed by atoms with Crippen molar-refractivity contribution < 1.29 is 8.42 Å². The predicted octanol–water partition coefficient (Wildman–Crippen LogP) is 2.83. The van der Waals surface area contributed by atoms with Gasteiger partial charge in [-0.25, -0.2) is 13.1 Å². The molecule has 0 amide bonds. The molecule has 0 unspecified atom stereocenters. The number of likely N-dealkylation sites (tertiary alicyclic amines) is 1. The third-order valence-corrected chi connectivity index (χ3v) is 6.59. The molecule has 4 nitrogen and oxygen atoms in total. The van der Waals surface area contributed by atoms with Gasteiger partial charge in [-0.3, -0.25) is 0 Å². The molecule has 0 aromatic carbocycles. The normalized spacial score (nSPS) is 17.9. The first-order valence-corrected chi connectivity index (χ1v) is 9.12. The van der Waals surface area contributed by atoms with Gasteiger partial charge in [0, 0.05) is 13.1 Å². The van der Waals surface area contributed by atoms with Crippen molar-refractivity contribution in [2.24, 2.45) is 5.92 Å². The summed E-state index contributed by atoms with van der Waals surface area (Å²) in [7, 11) is -3.39. The topological polar surface area (TPSA) is 49.4 Å². The van der Waals surface area contributed by atoms with Crippen molar-refractivity contribution in [1.29, 1.82) is 0 Å². The largest absolute Gasteiger partial charge is 0.302 e. The molecule has 1 N–H and O–H groups in total. The third kappa shape index (κ3) is 5.16. The van der Waals surface area contributed by atoms with Gasteiger partial charge in [0.15, 0.2) is 0 Å². The molecular weight excluding hydrogens is 339 g/mol. The van der Waals surface area contributed by atoms with Gasteiger partial charge in [0.2, 0.25) is 10.0 Å². The van der Waals surface area contributed by atoms with Crippen LogP contribution in [0.1, 0.15) is 19.8 Å². The van der Waals surface area contributed by atoms with Crippen molar-refractivity contribution in [1.82, 2.24) is 9.62 Å². The Bertz CT molecular complexity index is 511. The van der Waals surface area contributed by atoms with Crippen molar-refractivity contribution >= 4 is 45.4 Å². The summed E-state index contributed by atoms with van der Waals surface area (Å²) in [5, 5.41) is 0. The van der Waals surface area contributed by atoms with Gasteiger partial charge >= 0.3 is 0 Å². The number of piperidine rings is 1. The zero-order valence-electron chi connectivity index (χ0n) is 11.3. The molecule has 1 aromatic heterocycles. The quantitative estimate of drug-likeness (QED) is 0.880. The average Bonchev–Trinajstić information content (AvgIpc) is 2.79. The Kier molecular flexibility index (Phi) is 7.24. The highest BCUT2D eigenvalue weighted by Crippen LogP contribution is 2.25. The van der Waals surface area contributed by atoms with Crippen molar-refractivity contribution in [2.75, 3.05) is 26.2 Å². The molecule has 1 saturated heterocycles. The Morgan fingerprint density at radius 2 is 2.05 bits per heavy atom. The molecule has 116 valence electrons. The van der Waals surface area contributed by atoms with Crippen molar-refractivity contribution in [3.8, 4) is 0 Å². The second-order valence-corrected chi connectivity index (χ2v) is 8.69. The number of rotatable bonds is 5. The standard InChI is InChI=1S/C12H19ClN2O2S2.ClH/c1-10-4-7-15(8-5-10)9-6-14-19(16,17)12-3-2-11(13)18-12;/h2-3,10,14H,4-9H2,1H3;1H. The highest BCUT2D eigenvalue weighted by atomic mass is 35.5. The Labute approximate surface area is 136 Å². The minimum atomic E-state index is -3.39. The molecular formula is C12H20Cl2N2O2S2. The average molecular weight is 359 g/mol. The highest BCUT2D eigenvalue weighted by Gasteiger charge is 2.18. The molecule has 0 saturated carbocycles. The van der Waals surface area contributed by atoms with E-state index in [-0.39, 0.29) is 16.6 Å². The van der Waals surface area contributed by atoms with E-state index < -0.39 is 10.0 Å². The van der Waals surface area contributed by atoms with E-state index >= 15 is 0 Å². The van der Waals surface area contributed by atoms with Gasteiger partial charge in [-0.15, -0.1) is 23.7 Å². The molecule has 1 fully saturated rings. The Hall–Kier alpha value is 0.150. The van der Waals surface area contributed by atoms with E-state index in [1.807, 2.05) is 0 Å². The van der Waals surface area contributed by atoms with Crippen LogP contribution in [-0.2, 0) is 10.0 Å². The van der Waals surface area contributed by atoms with Crippen LogP contribution in [0, 0.1) is 5.92 Å². The van der Waals surface area contributed by atoms with Gasteiger partial charge in [-0.05, 0) is 44.0 Å². The van der Waals surface area contributed by atoms with E-state index in [2.05, 4.69) is 16.5 Å². The zero-order chi connectivity index (χ0) is 13.9. The SMILES string of the molecule is CC1CCN(CCNS(=O)(=O)c2ccc(Cl)s2)CC1.Cl. The monoisotopic (exact) mass is 358 g/mol. The Morgan fingerprint density at radius 1 is 1.40 bits per heavy atom. The molecule has 2 rings (SSSR count). The lowest BCUT2D eigenvalue weighted by atomic mass is 9.99.